The van der Waals surface area contributed by atoms with Crippen LogP contribution >= 0.6 is 11.8 Å². The van der Waals surface area contributed by atoms with Gasteiger partial charge in [-0.3, -0.25) is 14.4 Å². The molecule has 0 radical (unpaired) electrons. The second-order valence-corrected chi connectivity index (χ2v) is 10.3. The SMILES string of the molecule is CCC(Sc1cccc(NC(=O)/C(=C\c2ccc(OC)cc2)NC(=O)c2ccccc2)c1)C(=O)Nc1ccccc1. The molecule has 0 aliphatic heterocycles. The number of para-hydroxylation sites is 1. The van der Waals surface area contributed by atoms with Gasteiger partial charge in [-0.25, -0.2) is 0 Å². The van der Waals surface area contributed by atoms with E-state index in [1.807, 2.05) is 61.5 Å². The number of rotatable bonds is 11. The molecule has 0 saturated heterocycles. The summed E-state index contributed by atoms with van der Waals surface area (Å²) in [6, 6.07) is 32.4. The third-order valence-electron chi connectivity index (χ3n) is 6.03. The molecule has 1 atom stereocenters. The van der Waals surface area contributed by atoms with Crippen LogP contribution in [-0.4, -0.2) is 30.1 Å². The molecule has 208 valence electrons. The monoisotopic (exact) mass is 565 g/mol. The molecule has 8 heteroatoms. The Kier molecular flexibility index (Phi) is 10.3. The van der Waals surface area contributed by atoms with Gasteiger partial charge in [0.15, 0.2) is 0 Å². The summed E-state index contributed by atoms with van der Waals surface area (Å²) in [6.45, 7) is 1.96. The number of benzene rings is 4. The zero-order valence-corrected chi connectivity index (χ0v) is 23.6. The van der Waals surface area contributed by atoms with Crippen molar-refractivity contribution in [3.05, 3.63) is 126 Å². The smallest absolute Gasteiger partial charge is 0.272 e. The number of nitrogens with one attached hydrogen (secondary N) is 3. The topological polar surface area (TPSA) is 96.5 Å². The molecule has 0 saturated carbocycles. The van der Waals surface area contributed by atoms with E-state index in [0.29, 0.717) is 29.0 Å². The quantitative estimate of drug-likeness (QED) is 0.140. The van der Waals surface area contributed by atoms with Crippen molar-refractivity contribution in [3.8, 4) is 5.75 Å². The van der Waals surface area contributed by atoms with Gasteiger partial charge in [0.2, 0.25) is 5.91 Å². The Bertz CT molecular complexity index is 1510. The van der Waals surface area contributed by atoms with Crippen LogP contribution in [-0.2, 0) is 9.59 Å². The van der Waals surface area contributed by atoms with Gasteiger partial charge in [-0.1, -0.05) is 61.5 Å². The molecule has 1 unspecified atom stereocenters. The predicted molar refractivity (Wildman–Crippen MR) is 165 cm³/mol. The third kappa shape index (κ3) is 8.58. The zero-order valence-electron chi connectivity index (χ0n) is 22.8. The number of methoxy groups -OCH3 is 1. The highest BCUT2D eigenvalue weighted by atomic mass is 32.2. The minimum Gasteiger partial charge on any atom is -0.497 e. The number of amides is 3. The van der Waals surface area contributed by atoms with Crippen LogP contribution in [0.5, 0.6) is 5.75 Å². The molecule has 0 heterocycles. The van der Waals surface area contributed by atoms with E-state index in [-0.39, 0.29) is 16.9 Å². The van der Waals surface area contributed by atoms with Crippen molar-refractivity contribution in [2.45, 2.75) is 23.5 Å². The van der Waals surface area contributed by atoms with Gasteiger partial charge in [0.1, 0.15) is 11.4 Å². The lowest BCUT2D eigenvalue weighted by Gasteiger charge is -2.16. The van der Waals surface area contributed by atoms with Crippen LogP contribution < -0.4 is 20.7 Å². The van der Waals surface area contributed by atoms with Crippen molar-refractivity contribution in [3.63, 3.8) is 0 Å². The number of anilines is 2. The summed E-state index contributed by atoms with van der Waals surface area (Å²) in [5, 5.41) is 8.26. The van der Waals surface area contributed by atoms with Crippen molar-refractivity contribution in [1.82, 2.24) is 5.32 Å². The average molecular weight is 566 g/mol. The predicted octanol–water partition coefficient (Wildman–Crippen LogP) is 6.61. The van der Waals surface area contributed by atoms with E-state index in [9.17, 15) is 14.4 Å². The Morgan fingerprint density at radius 1 is 0.805 bits per heavy atom. The molecule has 7 nitrogen and oxygen atoms in total. The second kappa shape index (κ2) is 14.5. The molecule has 0 aliphatic rings. The maximum Gasteiger partial charge on any atom is 0.272 e. The van der Waals surface area contributed by atoms with Gasteiger partial charge in [-0.2, -0.15) is 0 Å². The highest BCUT2D eigenvalue weighted by Crippen LogP contribution is 2.29. The molecule has 0 fully saturated rings. The van der Waals surface area contributed by atoms with Crippen LogP contribution in [0.25, 0.3) is 6.08 Å². The van der Waals surface area contributed by atoms with Crippen LogP contribution in [0.15, 0.2) is 120 Å². The highest BCUT2D eigenvalue weighted by Gasteiger charge is 2.19. The molecule has 3 N–H and O–H groups in total. The Hall–Kier alpha value is -4.82. The van der Waals surface area contributed by atoms with Crippen LogP contribution in [0.3, 0.4) is 0 Å². The van der Waals surface area contributed by atoms with Gasteiger partial charge < -0.3 is 20.7 Å². The molecule has 4 aromatic rings. The van der Waals surface area contributed by atoms with Gasteiger partial charge in [-0.15, -0.1) is 11.8 Å². The first kappa shape index (κ1) is 29.2. The van der Waals surface area contributed by atoms with Gasteiger partial charge in [0, 0.05) is 21.8 Å². The van der Waals surface area contributed by atoms with Crippen molar-refractivity contribution < 1.29 is 19.1 Å². The second-order valence-electron chi connectivity index (χ2n) is 9.00. The van der Waals surface area contributed by atoms with Crippen molar-refractivity contribution in [2.75, 3.05) is 17.7 Å². The average Bonchev–Trinajstić information content (AvgIpc) is 3.01. The minimum absolute atomic E-state index is 0.0794. The fourth-order valence-electron chi connectivity index (χ4n) is 3.89. The minimum atomic E-state index is -0.485. The van der Waals surface area contributed by atoms with Crippen LogP contribution in [0.2, 0.25) is 0 Å². The summed E-state index contributed by atoms with van der Waals surface area (Å²) in [6.07, 6.45) is 2.23. The van der Waals surface area contributed by atoms with E-state index in [4.69, 9.17) is 4.74 Å². The van der Waals surface area contributed by atoms with Gasteiger partial charge >= 0.3 is 0 Å². The molecule has 41 heavy (non-hydrogen) atoms. The van der Waals surface area contributed by atoms with Gasteiger partial charge in [0.25, 0.3) is 11.8 Å². The van der Waals surface area contributed by atoms with E-state index in [2.05, 4.69) is 16.0 Å². The molecule has 4 rings (SSSR count). The van der Waals surface area contributed by atoms with Crippen LogP contribution in [0.1, 0.15) is 29.3 Å². The van der Waals surface area contributed by atoms with E-state index >= 15 is 0 Å². The molecule has 3 amide bonds. The van der Waals surface area contributed by atoms with Gasteiger partial charge in [0.05, 0.1) is 12.4 Å². The van der Waals surface area contributed by atoms with Gasteiger partial charge in [-0.05, 0) is 72.7 Å². The molecule has 0 aromatic heterocycles. The number of hydrogen-bond acceptors (Lipinski definition) is 5. The summed E-state index contributed by atoms with van der Waals surface area (Å²) in [5.74, 6) is -0.300. The number of thioether (sulfide) groups is 1. The van der Waals surface area contributed by atoms with Crippen LogP contribution in [0, 0.1) is 0 Å². The number of carbonyl (C=O) groups is 3. The summed E-state index contributed by atoms with van der Waals surface area (Å²) >= 11 is 1.42. The largest absolute Gasteiger partial charge is 0.497 e. The van der Waals surface area contributed by atoms with E-state index in [0.717, 1.165) is 10.6 Å². The Morgan fingerprint density at radius 2 is 1.46 bits per heavy atom. The zero-order chi connectivity index (χ0) is 29.0. The lowest BCUT2D eigenvalue weighted by molar-refractivity contribution is -0.116. The van der Waals surface area contributed by atoms with Crippen molar-refractivity contribution >= 4 is 46.9 Å². The summed E-state index contributed by atoms with van der Waals surface area (Å²) in [5.41, 5.74) is 2.50. The molecule has 0 bridgehead atoms. The molecular formula is C33H31N3O4S. The van der Waals surface area contributed by atoms with Crippen molar-refractivity contribution in [1.29, 1.82) is 0 Å². The first-order valence-corrected chi connectivity index (χ1v) is 14.0. The molecule has 0 aliphatic carbocycles. The maximum absolute atomic E-state index is 13.4. The Labute approximate surface area is 244 Å². The fraction of sp³-hybridized carbons (Fsp3) is 0.121. The van der Waals surface area contributed by atoms with E-state index < -0.39 is 11.8 Å². The summed E-state index contributed by atoms with van der Waals surface area (Å²) in [7, 11) is 1.58. The Morgan fingerprint density at radius 3 is 2.12 bits per heavy atom. The molecule has 0 spiro atoms. The molecule has 4 aromatic carbocycles. The maximum atomic E-state index is 13.4. The fourth-order valence-corrected chi connectivity index (χ4v) is 4.90. The number of hydrogen-bond donors (Lipinski definition) is 3. The third-order valence-corrected chi connectivity index (χ3v) is 7.39. The highest BCUT2D eigenvalue weighted by molar-refractivity contribution is 8.00. The number of carbonyl (C=O) groups excluding carboxylic acids is 3. The van der Waals surface area contributed by atoms with E-state index in [1.54, 1.807) is 67.8 Å². The lowest BCUT2D eigenvalue weighted by Crippen LogP contribution is -2.30. The summed E-state index contributed by atoms with van der Waals surface area (Å²) in [4.78, 5) is 40.0. The Balaban J connectivity index is 1.50. The molecular weight excluding hydrogens is 534 g/mol. The first-order valence-electron chi connectivity index (χ1n) is 13.1. The van der Waals surface area contributed by atoms with E-state index in [1.165, 1.54) is 11.8 Å². The normalized spacial score (nSPS) is 11.7. The first-order chi connectivity index (χ1) is 19.9. The number of ether oxygens (including phenoxy) is 1. The van der Waals surface area contributed by atoms with Crippen LogP contribution in [0.4, 0.5) is 11.4 Å². The lowest BCUT2D eigenvalue weighted by atomic mass is 10.1. The summed E-state index contributed by atoms with van der Waals surface area (Å²) < 4.78 is 5.22. The van der Waals surface area contributed by atoms with Crippen molar-refractivity contribution in [2.24, 2.45) is 0 Å². The standard InChI is InChI=1S/C33H31N3O4S/c1-3-30(33(39)34-25-13-8-5-9-14-25)41-28-16-10-15-26(22-28)35-32(38)29(21-23-17-19-27(40-2)20-18-23)36-31(37)24-11-6-4-7-12-24/h4-22,30H,3H2,1-2H3,(H,34,39)(H,35,38)(H,36,37)/b29-21+.